The van der Waals surface area contributed by atoms with Gasteiger partial charge in [0, 0.05) is 30.4 Å². The molecule has 0 aliphatic rings. The zero-order valence-electron chi connectivity index (χ0n) is 12.6. The number of methoxy groups -OCH3 is 1. The van der Waals surface area contributed by atoms with Crippen molar-refractivity contribution in [2.75, 3.05) is 7.11 Å². The molecular formula is C16H23N3O. The fourth-order valence-corrected chi connectivity index (χ4v) is 2.33. The average Bonchev–Trinajstić information content (AvgIpc) is 2.93. The minimum absolute atomic E-state index is 0.224. The summed E-state index contributed by atoms with van der Waals surface area (Å²) in [6.07, 6.45) is 3.80. The first-order valence-electron chi connectivity index (χ1n) is 7.00. The number of imidazole rings is 1. The minimum atomic E-state index is 0.224. The summed E-state index contributed by atoms with van der Waals surface area (Å²) in [5.41, 5.74) is 2.37. The van der Waals surface area contributed by atoms with E-state index in [4.69, 9.17) is 4.74 Å². The Labute approximate surface area is 120 Å². The van der Waals surface area contributed by atoms with Gasteiger partial charge < -0.3 is 14.6 Å². The molecule has 0 saturated carbocycles. The van der Waals surface area contributed by atoms with Crippen LogP contribution in [0.25, 0.3) is 0 Å². The van der Waals surface area contributed by atoms with Crippen molar-refractivity contribution in [3.8, 4) is 5.75 Å². The molecule has 1 aromatic heterocycles. The molecule has 1 unspecified atom stereocenters. The fourth-order valence-electron chi connectivity index (χ4n) is 2.33. The summed E-state index contributed by atoms with van der Waals surface area (Å²) in [4.78, 5) is 4.23. The molecule has 1 heterocycles. The average molecular weight is 273 g/mol. The lowest BCUT2D eigenvalue weighted by atomic mass is 10.1. The molecule has 0 aliphatic heterocycles. The highest BCUT2D eigenvalue weighted by Gasteiger charge is 2.12. The van der Waals surface area contributed by atoms with Crippen LogP contribution >= 0.6 is 0 Å². The van der Waals surface area contributed by atoms with E-state index < -0.39 is 0 Å². The number of ether oxygens (including phenoxy) is 1. The predicted octanol–water partition coefficient (Wildman–Crippen LogP) is 3.32. The van der Waals surface area contributed by atoms with E-state index in [2.05, 4.69) is 41.7 Å². The third kappa shape index (κ3) is 3.20. The second-order valence-electron chi connectivity index (χ2n) is 5.23. The van der Waals surface area contributed by atoms with E-state index in [-0.39, 0.29) is 6.04 Å². The number of rotatable bonds is 6. The molecule has 0 spiro atoms. The van der Waals surface area contributed by atoms with E-state index in [1.807, 2.05) is 30.7 Å². The Bertz CT molecular complexity index is 548. The molecule has 2 aromatic rings. The highest BCUT2D eigenvalue weighted by atomic mass is 16.5. The van der Waals surface area contributed by atoms with Crippen molar-refractivity contribution in [3.05, 3.63) is 48.0 Å². The van der Waals surface area contributed by atoms with E-state index in [0.717, 1.165) is 12.3 Å². The molecule has 0 fully saturated rings. The van der Waals surface area contributed by atoms with Crippen molar-refractivity contribution in [1.29, 1.82) is 0 Å². The summed E-state index contributed by atoms with van der Waals surface area (Å²) in [6.45, 7) is 7.26. The van der Waals surface area contributed by atoms with E-state index in [1.54, 1.807) is 7.11 Å². The topological polar surface area (TPSA) is 39.1 Å². The Kier molecular flexibility index (Phi) is 4.79. The summed E-state index contributed by atoms with van der Waals surface area (Å²) < 4.78 is 7.59. The smallest absolute Gasteiger partial charge is 0.123 e. The van der Waals surface area contributed by atoms with Crippen LogP contribution in [0.1, 0.15) is 44.1 Å². The third-order valence-electron chi connectivity index (χ3n) is 3.50. The number of benzene rings is 1. The zero-order valence-corrected chi connectivity index (χ0v) is 12.6. The monoisotopic (exact) mass is 273 g/mol. The van der Waals surface area contributed by atoms with Crippen LogP contribution in [0.15, 0.2) is 36.8 Å². The Balaban J connectivity index is 2.05. The van der Waals surface area contributed by atoms with Crippen LogP contribution in [0.5, 0.6) is 5.75 Å². The van der Waals surface area contributed by atoms with Gasteiger partial charge in [-0.25, -0.2) is 4.98 Å². The maximum Gasteiger partial charge on any atom is 0.123 e. The first kappa shape index (κ1) is 14.6. The second-order valence-corrected chi connectivity index (χ2v) is 5.23. The minimum Gasteiger partial charge on any atom is -0.496 e. The quantitative estimate of drug-likeness (QED) is 0.877. The fraction of sp³-hybridized carbons (Fsp3) is 0.438. The van der Waals surface area contributed by atoms with Crippen molar-refractivity contribution in [1.82, 2.24) is 14.9 Å². The number of nitrogens with one attached hydrogen (secondary N) is 1. The second kappa shape index (κ2) is 6.57. The van der Waals surface area contributed by atoms with Crippen molar-refractivity contribution in [3.63, 3.8) is 0 Å². The summed E-state index contributed by atoms with van der Waals surface area (Å²) in [5.74, 6) is 0.921. The maximum absolute atomic E-state index is 5.41. The van der Waals surface area contributed by atoms with Gasteiger partial charge in [-0.3, -0.25) is 0 Å². The zero-order chi connectivity index (χ0) is 14.5. The van der Waals surface area contributed by atoms with Gasteiger partial charge in [0.05, 0.1) is 19.1 Å². The van der Waals surface area contributed by atoms with Gasteiger partial charge in [-0.05, 0) is 26.8 Å². The number of nitrogens with zero attached hydrogens (tertiary/aromatic N) is 2. The van der Waals surface area contributed by atoms with Crippen molar-refractivity contribution in [2.45, 2.75) is 39.4 Å². The van der Waals surface area contributed by atoms with Crippen LogP contribution in [0, 0.1) is 0 Å². The van der Waals surface area contributed by atoms with Gasteiger partial charge in [0.1, 0.15) is 5.75 Å². The maximum atomic E-state index is 5.41. The highest BCUT2D eigenvalue weighted by Crippen LogP contribution is 2.24. The van der Waals surface area contributed by atoms with E-state index >= 15 is 0 Å². The first-order chi connectivity index (χ1) is 9.63. The third-order valence-corrected chi connectivity index (χ3v) is 3.50. The molecule has 4 heteroatoms. The molecule has 0 bridgehead atoms. The van der Waals surface area contributed by atoms with E-state index in [1.165, 1.54) is 11.3 Å². The normalized spacial score (nSPS) is 12.7. The molecule has 0 amide bonds. The predicted molar refractivity (Wildman–Crippen MR) is 80.9 cm³/mol. The molecule has 1 atom stereocenters. The van der Waals surface area contributed by atoms with Crippen molar-refractivity contribution >= 4 is 0 Å². The molecule has 1 N–H and O–H groups in total. The summed E-state index contributed by atoms with van der Waals surface area (Å²) >= 11 is 0. The number of hydrogen-bond donors (Lipinski definition) is 1. The summed E-state index contributed by atoms with van der Waals surface area (Å²) in [5, 5.41) is 3.53. The number of para-hydroxylation sites is 1. The van der Waals surface area contributed by atoms with Gasteiger partial charge in [-0.15, -0.1) is 0 Å². The van der Waals surface area contributed by atoms with Crippen LogP contribution in [-0.4, -0.2) is 16.7 Å². The Morgan fingerprint density at radius 1 is 1.25 bits per heavy atom. The van der Waals surface area contributed by atoms with Gasteiger partial charge in [0.15, 0.2) is 0 Å². The van der Waals surface area contributed by atoms with Gasteiger partial charge in [-0.1, -0.05) is 18.2 Å². The van der Waals surface area contributed by atoms with Gasteiger partial charge in [-0.2, -0.15) is 0 Å². The molecule has 4 nitrogen and oxygen atoms in total. The molecule has 0 aliphatic carbocycles. The van der Waals surface area contributed by atoms with E-state index in [0.29, 0.717) is 6.04 Å². The first-order valence-corrected chi connectivity index (χ1v) is 7.00. The molecule has 0 saturated heterocycles. The molecule has 0 radical (unpaired) electrons. The Morgan fingerprint density at radius 3 is 2.70 bits per heavy atom. The molecule has 2 rings (SSSR count). The molecule has 1 aromatic carbocycles. The summed E-state index contributed by atoms with van der Waals surface area (Å²) in [6, 6.07) is 8.76. The molecule has 108 valence electrons. The van der Waals surface area contributed by atoms with Gasteiger partial charge >= 0.3 is 0 Å². The van der Waals surface area contributed by atoms with Crippen LogP contribution < -0.4 is 10.1 Å². The lowest BCUT2D eigenvalue weighted by Crippen LogP contribution is -2.21. The van der Waals surface area contributed by atoms with Crippen LogP contribution in [0.3, 0.4) is 0 Å². The Morgan fingerprint density at radius 2 is 2.00 bits per heavy atom. The van der Waals surface area contributed by atoms with Crippen LogP contribution in [0.2, 0.25) is 0 Å². The lowest BCUT2D eigenvalue weighted by Gasteiger charge is -2.18. The lowest BCUT2D eigenvalue weighted by molar-refractivity contribution is 0.400. The van der Waals surface area contributed by atoms with Crippen molar-refractivity contribution < 1.29 is 4.74 Å². The number of aromatic nitrogens is 2. The number of hydrogen-bond acceptors (Lipinski definition) is 3. The SMILES string of the molecule is COc1ccccc1C(C)NCc1cncn1C(C)C. The van der Waals surface area contributed by atoms with Crippen molar-refractivity contribution in [2.24, 2.45) is 0 Å². The molecule has 20 heavy (non-hydrogen) atoms. The summed E-state index contributed by atoms with van der Waals surface area (Å²) in [7, 11) is 1.71. The highest BCUT2D eigenvalue weighted by molar-refractivity contribution is 5.35. The van der Waals surface area contributed by atoms with Gasteiger partial charge in [0.2, 0.25) is 0 Å². The standard InChI is InChI=1S/C16H23N3O/c1-12(2)19-11-17-9-14(19)10-18-13(3)15-7-5-6-8-16(15)20-4/h5-9,11-13,18H,10H2,1-4H3. The van der Waals surface area contributed by atoms with Gasteiger partial charge in [0.25, 0.3) is 0 Å². The van der Waals surface area contributed by atoms with Crippen LogP contribution in [0.4, 0.5) is 0 Å². The largest absolute Gasteiger partial charge is 0.496 e. The van der Waals surface area contributed by atoms with Crippen LogP contribution in [-0.2, 0) is 6.54 Å². The Hall–Kier alpha value is -1.81. The molecular weight excluding hydrogens is 250 g/mol. The van der Waals surface area contributed by atoms with E-state index in [9.17, 15) is 0 Å².